The molecule has 0 unspecified atom stereocenters. The summed E-state index contributed by atoms with van der Waals surface area (Å²) in [5.74, 6) is 0.403. The molecule has 0 aromatic heterocycles. The number of phenols is 1. The Bertz CT molecular complexity index is 312. The third-order valence-corrected chi connectivity index (χ3v) is 3.01. The van der Waals surface area contributed by atoms with Crippen molar-refractivity contribution in [2.24, 2.45) is 0 Å². The van der Waals surface area contributed by atoms with E-state index in [9.17, 15) is 5.11 Å². The van der Waals surface area contributed by atoms with Crippen molar-refractivity contribution in [1.29, 1.82) is 0 Å². The number of nitrogens with one attached hydrogen (secondary N) is 1. The van der Waals surface area contributed by atoms with Crippen LogP contribution in [0.4, 0.5) is 0 Å². The van der Waals surface area contributed by atoms with Crippen LogP contribution in [0, 0.1) is 0 Å². The number of rotatable bonds is 4. The summed E-state index contributed by atoms with van der Waals surface area (Å²) in [5, 5.41) is 12.8. The predicted molar refractivity (Wildman–Crippen MR) is 62.8 cm³/mol. The van der Waals surface area contributed by atoms with Gasteiger partial charge in [-0.05, 0) is 49.7 Å². The third kappa shape index (κ3) is 2.72. The molecule has 3 heteroatoms. The van der Waals surface area contributed by atoms with Gasteiger partial charge < -0.3 is 10.4 Å². The summed E-state index contributed by atoms with van der Waals surface area (Å²) < 4.78 is 1.09. The van der Waals surface area contributed by atoms with Gasteiger partial charge in [0, 0.05) is 4.47 Å². The quantitative estimate of drug-likeness (QED) is 0.869. The molecule has 0 heterocycles. The van der Waals surface area contributed by atoms with E-state index in [4.69, 9.17) is 0 Å². The lowest BCUT2D eigenvalue weighted by atomic mass is 10.1. The molecule has 0 saturated heterocycles. The highest BCUT2D eigenvalue weighted by Crippen LogP contribution is 2.27. The van der Waals surface area contributed by atoms with Crippen LogP contribution in [-0.2, 0) is 12.8 Å². The Hall–Kier alpha value is -0.540. The lowest BCUT2D eigenvalue weighted by Gasteiger charge is -2.08. The van der Waals surface area contributed by atoms with Gasteiger partial charge in [0.2, 0.25) is 0 Å². The van der Waals surface area contributed by atoms with Crippen LogP contribution in [0.2, 0.25) is 0 Å². The van der Waals surface area contributed by atoms with Crippen molar-refractivity contribution in [1.82, 2.24) is 5.32 Å². The van der Waals surface area contributed by atoms with E-state index in [2.05, 4.69) is 28.2 Å². The highest BCUT2D eigenvalue weighted by molar-refractivity contribution is 9.10. The van der Waals surface area contributed by atoms with Crippen molar-refractivity contribution in [3.05, 3.63) is 27.7 Å². The lowest BCUT2D eigenvalue weighted by molar-refractivity contribution is 0.466. The molecule has 0 saturated carbocycles. The molecule has 0 amide bonds. The average molecular weight is 258 g/mol. The molecule has 0 aliphatic carbocycles. The van der Waals surface area contributed by atoms with Crippen molar-refractivity contribution in [3.63, 3.8) is 0 Å². The van der Waals surface area contributed by atoms with Gasteiger partial charge in [0.25, 0.3) is 0 Å². The van der Waals surface area contributed by atoms with E-state index < -0.39 is 0 Å². The molecule has 0 bridgehead atoms. The number of likely N-dealkylation sites (N-methyl/N-ethyl adjacent to an activating group) is 1. The van der Waals surface area contributed by atoms with Crippen LogP contribution in [0.25, 0.3) is 0 Å². The first-order valence-corrected chi connectivity index (χ1v) is 5.63. The molecule has 0 aliphatic rings. The minimum atomic E-state index is 0.403. The largest absolute Gasteiger partial charge is 0.508 e. The van der Waals surface area contributed by atoms with Crippen LogP contribution < -0.4 is 5.32 Å². The normalized spacial score (nSPS) is 10.5. The highest BCUT2D eigenvalue weighted by Gasteiger charge is 2.05. The van der Waals surface area contributed by atoms with Crippen molar-refractivity contribution < 1.29 is 5.11 Å². The molecule has 1 aromatic rings. The third-order valence-electron chi connectivity index (χ3n) is 2.27. The smallest absolute Gasteiger partial charge is 0.119 e. The summed E-state index contributed by atoms with van der Waals surface area (Å²) in [7, 11) is 1.91. The minimum absolute atomic E-state index is 0.403. The standard InChI is InChI=1S/C11H16BrNO/c1-3-8-7-11(14)9(4-5-13-2)6-10(8)12/h6-7,13-14H,3-5H2,1-2H3. The van der Waals surface area contributed by atoms with Gasteiger partial charge >= 0.3 is 0 Å². The summed E-state index contributed by atoms with van der Waals surface area (Å²) in [4.78, 5) is 0. The molecular formula is C11H16BrNO. The summed E-state index contributed by atoms with van der Waals surface area (Å²) in [6.07, 6.45) is 1.78. The first kappa shape index (κ1) is 11.5. The Morgan fingerprint density at radius 3 is 2.64 bits per heavy atom. The molecule has 78 valence electrons. The minimum Gasteiger partial charge on any atom is -0.508 e. The molecule has 2 nitrogen and oxygen atoms in total. The SMILES string of the molecule is CCc1cc(O)c(CCNC)cc1Br. The highest BCUT2D eigenvalue weighted by atomic mass is 79.9. The summed E-state index contributed by atoms with van der Waals surface area (Å²) in [5.41, 5.74) is 2.14. The fourth-order valence-electron chi connectivity index (χ4n) is 1.38. The van der Waals surface area contributed by atoms with E-state index in [1.165, 1.54) is 0 Å². The van der Waals surface area contributed by atoms with Gasteiger partial charge in [0.1, 0.15) is 5.75 Å². The number of halogens is 1. The Balaban J connectivity index is 2.90. The zero-order valence-electron chi connectivity index (χ0n) is 8.60. The second-order valence-corrected chi connectivity index (χ2v) is 4.13. The topological polar surface area (TPSA) is 32.3 Å². The van der Waals surface area contributed by atoms with E-state index in [-0.39, 0.29) is 0 Å². The van der Waals surface area contributed by atoms with E-state index in [0.29, 0.717) is 5.75 Å². The zero-order valence-corrected chi connectivity index (χ0v) is 10.2. The molecule has 0 radical (unpaired) electrons. The van der Waals surface area contributed by atoms with Crippen LogP contribution >= 0.6 is 15.9 Å². The van der Waals surface area contributed by atoms with E-state index in [1.54, 1.807) is 0 Å². The Morgan fingerprint density at radius 2 is 2.07 bits per heavy atom. The van der Waals surface area contributed by atoms with E-state index in [1.807, 2.05) is 19.2 Å². The number of phenolic OH excluding ortho intramolecular Hbond substituents is 1. The summed E-state index contributed by atoms with van der Waals surface area (Å²) in [6, 6.07) is 3.85. The van der Waals surface area contributed by atoms with Gasteiger partial charge in [-0.2, -0.15) is 0 Å². The molecule has 14 heavy (non-hydrogen) atoms. The van der Waals surface area contributed by atoms with Crippen LogP contribution in [0.3, 0.4) is 0 Å². The number of aromatic hydroxyl groups is 1. The molecule has 0 atom stereocenters. The molecule has 2 N–H and O–H groups in total. The van der Waals surface area contributed by atoms with Crippen LogP contribution in [0.5, 0.6) is 5.75 Å². The summed E-state index contributed by atoms with van der Waals surface area (Å²) >= 11 is 3.50. The zero-order chi connectivity index (χ0) is 10.6. The maximum absolute atomic E-state index is 9.72. The Morgan fingerprint density at radius 1 is 1.36 bits per heavy atom. The number of benzene rings is 1. The number of hydrogen-bond donors (Lipinski definition) is 2. The van der Waals surface area contributed by atoms with Crippen molar-refractivity contribution >= 4 is 15.9 Å². The average Bonchev–Trinajstić information content (AvgIpc) is 2.18. The second kappa shape index (κ2) is 5.37. The molecule has 1 aromatic carbocycles. The van der Waals surface area contributed by atoms with Crippen LogP contribution in [0.15, 0.2) is 16.6 Å². The fraction of sp³-hybridized carbons (Fsp3) is 0.455. The number of hydrogen-bond acceptors (Lipinski definition) is 2. The maximum atomic E-state index is 9.72. The molecule has 0 fully saturated rings. The fourth-order valence-corrected chi connectivity index (χ4v) is 2.05. The van der Waals surface area contributed by atoms with Crippen LogP contribution in [0.1, 0.15) is 18.1 Å². The molecular weight excluding hydrogens is 242 g/mol. The van der Waals surface area contributed by atoms with E-state index in [0.717, 1.165) is 35.0 Å². The Labute approximate surface area is 93.5 Å². The molecule has 1 rings (SSSR count). The van der Waals surface area contributed by atoms with E-state index >= 15 is 0 Å². The number of aryl methyl sites for hydroxylation is 1. The monoisotopic (exact) mass is 257 g/mol. The van der Waals surface area contributed by atoms with Gasteiger partial charge in [-0.1, -0.05) is 22.9 Å². The predicted octanol–water partition coefficient (Wildman–Crippen LogP) is 2.48. The van der Waals surface area contributed by atoms with Gasteiger partial charge in [-0.15, -0.1) is 0 Å². The maximum Gasteiger partial charge on any atom is 0.119 e. The summed E-state index contributed by atoms with van der Waals surface area (Å²) in [6.45, 7) is 2.96. The first-order valence-electron chi connectivity index (χ1n) is 4.84. The lowest BCUT2D eigenvalue weighted by Crippen LogP contribution is -2.10. The second-order valence-electron chi connectivity index (χ2n) is 3.28. The van der Waals surface area contributed by atoms with Gasteiger partial charge in [-0.3, -0.25) is 0 Å². The van der Waals surface area contributed by atoms with Crippen molar-refractivity contribution in [2.45, 2.75) is 19.8 Å². The van der Waals surface area contributed by atoms with Crippen LogP contribution in [-0.4, -0.2) is 18.7 Å². The molecule has 0 aliphatic heterocycles. The molecule has 0 spiro atoms. The van der Waals surface area contributed by atoms with Gasteiger partial charge in [-0.25, -0.2) is 0 Å². The van der Waals surface area contributed by atoms with Crippen molar-refractivity contribution in [3.8, 4) is 5.75 Å². The van der Waals surface area contributed by atoms with Crippen molar-refractivity contribution in [2.75, 3.05) is 13.6 Å². The van der Waals surface area contributed by atoms with Gasteiger partial charge in [0.05, 0.1) is 0 Å². The first-order chi connectivity index (χ1) is 6.69. The Kier molecular flexibility index (Phi) is 4.42. The van der Waals surface area contributed by atoms with Gasteiger partial charge in [0.15, 0.2) is 0 Å².